The molecule has 1 aliphatic rings. The molecule has 11 heavy (non-hydrogen) atoms. The molecule has 0 nitrogen and oxygen atoms in total. The van der Waals surface area contributed by atoms with Gasteiger partial charge in [-0.25, -0.2) is 0 Å². The molecule has 1 aromatic carbocycles. The van der Waals surface area contributed by atoms with E-state index < -0.39 is 0 Å². The Hall–Kier alpha value is 0.180. The average molecular weight is 276 g/mol. The Balaban J connectivity index is 2.57. The molecular weight excluding hydrogens is 268 g/mol. The highest BCUT2D eigenvalue weighted by atomic mass is 79.9. The predicted molar refractivity (Wildman–Crippen MR) is 54.1 cm³/mol. The molecule has 0 aromatic heterocycles. The van der Waals surface area contributed by atoms with Crippen molar-refractivity contribution in [1.82, 2.24) is 0 Å². The molecule has 58 valence electrons. The zero-order valence-electron chi connectivity index (χ0n) is 5.98. The molecule has 0 bridgehead atoms. The molecular formula is C9H8Br2. The minimum Gasteiger partial charge on any atom is -0.0839 e. The smallest absolute Gasteiger partial charge is 0.0401 e. The normalized spacial score (nSPS) is 21.8. The first-order chi connectivity index (χ1) is 5.29. The first-order valence-electron chi connectivity index (χ1n) is 3.70. The van der Waals surface area contributed by atoms with Crippen molar-refractivity contribution in [3.63, 3.8) is 0 Å². The zero-order valence-corrected chi connectivity index (χ0v) is 9.15. The van der Waals surface area contributed by atoms with E-state index in [1.165, 1.54) is 28.4 Å². The fraction of sp³-hybridized carbons (Fsp3) is 0.333. The highest BCUT2D eigenvalue weighted by molar-refractivity contribution is 9.10. The number of halogens is 2. The van der Waals surface area contributed by atoms with Crippen LogP contribution in [-0.4, -0.2) is 0 Å². The summed E-state index contributed by atoms with van der Waals surface area (Å²) >= 11 is 7.20. The summed E-state index contributed by atoms with van der Waals surface area (Å²) in [5, 5.41) is 0. The van der Waals surface area contributed by atoms with Crippen LogP contribution in [0.4, 0.5) is 0 Å². The van der Waals surface area contributed by atoms with Gasteiger partial charge in [0.1, 0.15) is 0 Å². The van der Waals surface area contributed by atoms with Gasteiger partial charge in [0, 0.05) is 9.30 Å². The molecule has 0 saturated carbocycles. The Kier molecular flexibility index (Phi) is 2.06. The minimum atomic E-state index is 0.579. The third-order valence-corrected chi connectivity index (χ3v) is 3.83. The number of hydrogen-bond acceptors (Lipinski definition) is 0. The molecule has 1 aliphatic carbocycles. The molecule has 0 amide bonds. The van der Waals surface area contributed by atoms with E-state index in [1.807, 2.05) is 0 Å². The van der Waals surface area contributed by atoms with E-state index in [4.69, 9.17) is 0 Å². The summed E-state index contributed by atoms with van der Waals surface area (Å²) in [5.41, 5.74) is 2.94. The number of alkyl halides is 1. The molecule has 1 atom stereocenters. The van der Waals surface area contributed by atoms with Crippen molar-refractivity contribution in [2.75, 3.05) is 0 Å². The highest BCUT2D eigenvalue weighted by Crippen LogP contribution is 2.40. The second-order valence-corrected chi connectivity index (χ2v) is 4.77. The van der Waals surface area contributed by atoms with Crippen LogP contribution in [0.2, 0.25) is 0 Å². The largest absolute Gasteiger partial charge is 0.0839 e. The second-order valence-electron chi connectivity index (χ2n) is 2.81. The molecule has 2 rings (SSSR count). The van der Waals surface area contributed by atoms with Crippen molar-refractivity contribution in [2.24, 2.45) is 0 Å². The number of rotatable bonds is 0. The summed E-state index contributed by atoms with van der Waals surface area (Å²) < 4.78 is 1.26. The van der Waals surface area contributed by atoms with Crippen LogP contribution < -0.4 is 0 Å². The van der Waals surface area contributed by atoms with Crippen LogP contribution in [0.1, 0.15) is 22.4 Å². The summed E-state index contributed by atoms with van der Waals surface area (Å²) in [4.78, 5) is 0.579. The SMILES string of the molecule is Brc1cccc2c1CCC2Br. The summed E-state index contributed by atoms with van der Waals surface area (Å²) in [6.45, 7) is 0. The van der Waals surface area contributed by atoms with Crippen molar-refractivity contribution in [3.05, 3.63) is 33.8 Å². The van der Waals surface area contributed by atoms with Crippen LogP contribution in [0, 0.1) is 0 Å². The van der Waals surface area contributed by atoms with Crippen molar-refractivity contribution in [3.8, 4) is 0 Å². The average Bonchev–Trinajstić information content (AvgIpc) is 2.35. The lowest BCUT2D eigenvalue weighted by molar-refractivity contribution is 0.902. The van der Waals surface area contributed by atoms with Crippen LogP contribution in [0.3, 0.4) is 0 Å². The second kappa shape index (κ2) is 2.91. The lowest BCUT2D eigenvalue weighted by atomic mass is 10.1. The van der Waals surface area contributed by atoms with Gasteiger partial charge in [-0.3, -0.25) is 0 Å². The molecule has 0 radical (unpaired) electrons. The van der Waals surface area contributed by atoms with Gasteiger partial charge in [-0.2, -0.15) is 0 Å². The topological polar surface area (TPSA) is 0 Å². The third kappa shape index (κ3) is 1.27. The van der Waals surface area contributed by atoms with Crippen molar-refractivity contribution in [2.45, 2.75) is 17.7 Å². The first-order valence-corrected chi connectivity index (χ1v) is 5.41. The molecule has 2 heteroatoms. The van der Waals surface area contributed by atoms with E-state index in [0.29, 0.717) is 4.83 Å². The summed E-state index contributed by atoms with van der Waals surface area (Å²) in [7, 11) is 0. The Morgan fingerprint density at radius 1 is 1.36 bits per heavy atom. The standard InChI is InChI=1S/C9H8Br2/c10-8-3-1-2-6-7(8)4-5-9(6)11/h1-3,9H,4-5H2. The van der Waals surface area contributed by atoms with E-state index in [-0.39, 0.29) is 0 Å². The number of hydrogen-bond donors (Lipinski definition) is 0. The lowest BCUT2D eigenvalue weighted by Gasteiger charge is -2.02. The Morgan fingerprint density at radius 2 is 2.18 bits per heavy atom. The van der Waals surface area contributed by atoms with Crippen LogP contribution >= 0.6 is 31.9 Å². The quantitative estimate of drug-likeness (QED) is 0.632. The van der Waals surface area contributed by atoms with Gasteiger partial charge in [0.15, 0.2) is 0 Å². The summed E-state index contributed by atoms with van der Waals surface area (Å²) in [6.07, 6.45) is 2.44. The van der Waals surface area contributed by atoms with Crippen LogP contribution in [0.15, 0.2) is 22.7 Å². The van der Waals surface area contributed by atoms with Gasteiger partial charge in [0.2, 0.25) is 0 Å². The van der Waals surface area contributed by atoms with Crippen molar-refractivity contribution in [1.29, 1.82) is 0 Å². The maximum Gasteiger partial charge on any atom is 0.0401 e. The molecule has 0 aliphatic heterocycles. The third-order valence-electron chi connectivity index (χ3n) is 2.14. The number of fused-ring (bicyclic) bond motifs is 1. The highest BCUT2D eigenvalue weighted by Gasteiger charge is 2.20. The molecule has 0 spiro atoms. The first kappa shape index (κ1) is 7.81. The Labute approximate surface area is 83.3 Å². The molecule has 0 fully saturated rings. The summed E-state index contributed by atoms with van der Waals surface area (Å²) in [5.74, 6) is 0. The van der Waals surface area contributed by atoms with Crippen molar-refractivity contribution < 1.29 is 0 Å². The molecule has 1 aromatic rings. The molecule has 0 saturated heterocycles. The lowest BCUT2D eigenvalue weighted by Crippen LogP contribution is -1.83. The van der Waals surface area contributed by atoms with E-state index in [9.17, 15) is 0 Å². The van der Waals surface area contributed by atoms with Crippen LogP contribution in [0.5, 0.6) is 0 Å². The summed E-state index contributed by atoms with van der Waals surface area (Å²) in [6, 6.07) is 6.42. The monoisotopic (exact) mass is 274 g/mol. The molecule has 0 heterocycles. The molecule has 0 N–H and O–H groups in total. The Bertz CT molecular complexity index is 281. The maximum absolute atomic E-state index is 3.65. The van der Waals surface area contributed by atoms with Gasteiger partial charge in [-0.05, 0) is 30.0 Å². The fourth-order valence-corrected chi connectivity index (χ4v) is 2.80. The van der Waals surface area contributed by atoms with Crippen LogP contribution in [0.25, 0.3) is 0 Å². The number of benzene rings is 1. The maximum atomic E-state index is 3.65. The van der Waals surface area contributed by atoms with Gasteiger partial charge >= 0.3 is 0 Å². The van der Waals surface area contributed by atoms with E-state index in [1.54, 1.807) is 0 Å². The van der Waals surface area contributed by atoms with E-state index in [2.05, 4.69) is 50.1 Å². The predicted octanol–water partition coefficient (Wildman–Crippen LogP) is 3.83. The van der Waals surface area contributed by atoms with Gasteiger partial charge in [0.05, 0.1) is 0 Å². The minimum absolute atomic E-state index is 0.579. The van der Waals surface area contributed by atoms with Gasteiger partial charge in [-0.15, -0.1) is 0 Å². The molecule has 1 unspecified atom stereocenters. The van der Waals surface area contributed by atoms with E-state index in [0.717, 1.165) is 0 Å². The van der Waals surface area contributed by atoms with Crippen LogP contribution in [-0.2, 0) is 6.42 Å². The van der Waals surface area contributed by atoms with Crippen molar-refractivity contribution >= 4 is 31.9 Å². The Morgan fingerprint density at radius 3 is 2.91 bits per heavy atom. The van der Waals surface area contributed by atoms with Gasteiger partial charge in [-0.1, -0.05) is 44.0 Å². The van der Waals surface area contributed by atoms with E-state index >= 15 is 0 Å². The van der Waals surface area contributed by atoms with Gasteiger partial charge in [0.25, 0.3) is 0 Å². The fourth-order valence-electron chi connectivity index (χ4n) is 1.56. The van der Waals surface area contributed by atoms with Gasteiger partial charge < -0.3 is 0 Å². The zero-order chi connectivity index (χ0) is 7.84.